The number of hydrogen-bond donors (Lipinski definition) is 0. The number of carbonyl (C=O) groups is 2. The quantitative estimate of drug-likeness (QED) is 0.147. The lowest BCUT2D eigenvalue weighted by atomic mass is 10.1. The highest BCUT2D eigenvalue weighted by atomic mass is 79.9. The molecule has 0 spiro atoms. The van der Waals surface area contributed by atoms with Crippen molar-refractivity contribution in [3.05, 3.63) is 111 Å². The van der Waals surface area contributed by atoms with Crippen LogP contribution in [0.4, 0.5) is 16.2 Å². The monoisotopic (exact) mass is 647 g/mol. The summed E-state index contributed by atoms with van der Waals surface area (Å²) in [6, 6.07) is 15.4. The molecule has 0 N–H and O–H groups in total. The predicted molar refractivity (Wildman–Crippen MR) is 144 cm³/mol. The van der Waals surface area contributed by atoms with E-state index in [-0.39, 0.29) is 35.0 Å². The van der Waals surface area contributed by atoms with Crippen molar-refractivity contribution in [2.45, 2.75) is 13.2 Å². The Morgan fingerprint density at radius 1 is 0.946 bits per heavy atom. The molecular weight excluding hydrogens is 634 g/mol. The van der Waals surface area contributed by atoms with E-state index < -0.39 is 21.0 Å². The summed E-state index contributed by atoms with van der Waals surface area (Å²) < 4.78 is 7.01. The molecule has 1 fully saturated rings. The van der Waals surface area contributed by atoms with Crippen molar-refractivity contribution in [2.75, 3.05) is 0 Å². The van der Waals surface area contributed by atoms with E-state index in [4.69, 9.17) is 4.74 Å². The minimum Gasteiger partial charge on any atom is -0.487 e. The molecule has 4 rings (SSSR count). The first-order valence-corrected chi connectivity index (χ1v) is 12.9. The average Bonchev–Trinajstić information content (AvgIpc) is 3.11. The molecule has 0 aromatic heterocycles. The molecule has 0 atom stereocenters. The molecule has 0 bridgehead atoms. The largest absolute Gasteiger partial charge is 0.487 e. The number of non-ortho nitro benzene ring substituents is 1. The maximum absolute atomic E-state index is 12.9. The number of benzene rings is 3. The van der Waals surface area contributed by atoms with E-state index in [9.17, 15) is 29.8 Å². The van der Waals surface area contributed by atoms with Crippen molar-refractivity contribution < 1.29 is 24.2 Å². The van der Waals surface area contributed by atoms with E-state index in [2.05, 4.69) is 31.9 Å². The second-order valence-electron chi connectivity index (χ2n) is 7.68. The topological polar surface area (TPSA) is 133 Å². The van der Waals surface area contributed by atoms with Crippen LogP contribution in [0.15, 0.2) is 74.5 Å². The molecule has 13 heteroatoms. The molecular formula is C24H15Br2N3O7S. The van der Waals surface area contributed by atoms with Crippen LogP contribution in [-0.2, 0) is 17.9 Å². The van der Waals surface area contributed by atoms with Crippen molar-refractivity contribution >= 4 is 72.2 Å². The van der Waals surface area contributed by atoms with Crippen LogP contribution >= 0.6 is 43.6 Å². The molecule has 0 saturated carbocycles. The summed E-state index contributed by atoms with van der Waals surface area (Å²) in [5.41, 5.74) is 1.43. The first-order chi connectivity index (χ1) is 17.6. The molecule has 3 aromatic carbocycles. The van der Waals surface area contributed by atoms with E-state index >= 15 is 0 Å². The number of carbonyl (C=O) groups excluding carboxylic acids is 2. The molecule has 1 aliphatic rings. The van der Waals surface area contributed by atoms with Gasteiger partial charge in [-0.05, 0) is 85.1 Å². The van der Waals surface area contributed by atoms with Gasteiger partial charge in [0, 0.05) is 23.8 Å². The maximum atomic E-state index is 12.9. The summed E-state index contributed by atoms with van der Waals surface area (Å²) in [4.78, 5) is 47.7. The van der Waals surface area contributed by atoms with Crippen LogP contribution in [0.3, 0.4) is 0 Å². The molecule has 3 aromatic rings. The lowest BCUT2D eigenvalue weighted by molar-refractivity contribution is -0.385. The third kappa shape index (κ3) is 6.06. The fraction of sp³-hybridized carbons (Fsp3) is 0.0833. The van der Waals surface area contributed by atoms with Crippen LogP contribution in [-0.4, -0.2) is 25.9 Å². The first-order valence-electron chi connectivity index (χ1n) is 10.5. The molecule has 10 nitrogen and oxygen atoms in total. The highest BCUT2D eigenvalue weighted by Crippen LogP contribution is 2.39. The number of hydrogen-bond acceptors (Lipinski definition) is 8. The van der Waals surface area contributed by atoms with Crippen LogP contribution < -0.4 is 4.74 Å². The van der Waals surface area contributed by atoms with Crippen LogP contribution in [0.1, 0.15) is 16.7 Å². The number of nitrogens with zero attached hydrogens (tertiary/aromatic N) is 3. The molecule has 1 saturated heterocycles. The molecule has 0 unspecified atom stereocenters. The van der Waals surface area contributed by atoms with Crippen LogP contribution in [0.2, 0.25) is 0 Å². The number of rotatable bonds is 8. The Labute approximate surface area is 230 Å². The highest BCUT2D eigenvalue weighted by molar-refractivity contribution is 9.11. The van der Waals surface area contributed by atoms with E-state index in [0.29, 0.717) is 20.3 Å². The van der Waals surface area contributed by atoms with Gasteiger partial charge in [-0.3, -0.25) is 34.7 Å². The number of para-hydroxylation sites is 1. The zero-order chi connectivity index (χ0) is 26.7. The Morgan fingerprint density at radius 2 is 1.59 bits per heavy atom. The molecule has 2 amide bonds. The van der Waals surface area contributed by atoms with Gasteiger partial charge >= 0.3 is 0 Å². The molecule has 1 aliphatic heterocycles. The third-order valence-electron chi connectivity index (χ3n) is 5.24. The van der Waals surface area contributed by atoms with Crippen LogP contribution in [0.5, 0.6) is 5.75 Å². The van der Waals surface area contributed by atoms with E-state index in [1.165, 1.54) is 30.3 Å². The summed E-state index contributed by atoms with van der Waals surface area (Å²) in [7, 11) is 0. The van der Waals surface area contributed by atoms with Crippen molar-refractivity contribution in [1.29, 1.82) is 0 Å². The standard InChI is InChI=1S/C24H15Br2N3O7S/c25-18-9-15(10-19(26)22(18)36-13-14-5-7-17(8-6-14)28(32)33)11-21-23(30)27(24(31)37-21)12-16-3-1-2-4-20(16)29(34)35/h1-11H,12-13H2/b21-11-. The Hall–Kier alpha value is -3.55. The fourth-order valence-electron chi connectivity index (χ4n) is 3.45. The molecule has 1 heterocycles. The fourth-order valence-corrected chi connectivity index (χ4v) is 5.74. The molecule has 0 aliphatic carbocycles. The minimum atomic E-state index is -0.551. The van der Waals surface area contributed by atoms with Gasteiger partial charge in [-0.2, -0.15) is 0 Å². The SMILES string of the molecule is O=C1S/C(=C\c2cc(Br)c(OCc3ccc([N+](=O)[O-])cc3)c(Br)c2)C(=O)N1Cc1ccccc1[N+](=O)[O-]. The van der Waals surface area contributed by atoms with Gasteiger partial charge in [0.25, 0.3) is 22.5 Å². The van der Waals surface area contributed by atoms with Crippen LogP contribution in [0.25, 0.3) is 6.08 Å². The summed E-state index contributed by atoms with van der Waals surface area (Å²) in [5.74, 6) is -0.0566. The van der Waals surface area contributed by atoms with Gasteiger partial charge in [-0.25, -0.2) is 0 Å². The number of ether oxygens (including phenoxy) is 1. The smallest absolute Gasteiger partial charge is 0.293 e. The number of halogens is 2. The summed E-state index contributed by atoms with van der Waals surface area (Å²) in [6.07, 6.45) is 1.56. The van der Waals surface area contributed by atoms with Gasteiger partial charge < -0.3 is 4.74 Å². The average molecular weight is 649 g/mol. The number of amides is 2. The van der Waals surface area contributed by atoms with Crippen molar-refractivity contribution in [1.82, 2.24) is 4.90 Å². The number of nitro benzene ring substituents is 2. The summed E-state index contributed by atoms with van der Waals surface area (Å²) in [5, 5.41) is 21.6. The Morgan fingerprint density at radius 3 is 2.22 bits per heavy atom. The maximum Gasteiger partial charge on any atom is 0.293 e. The summed E-state index contributed by atoms with van der Waals surface area (Å²) >= 11 is 7.66. The Bertz CT molecular complexity index is 1440. The van der Waals surface area contributed by atoms with Crippen molar-refractivity contribution in [3.63, 3.8) is 0 Å². The highest BCUT2D eigenvalue weighted by Gasteiger charge is 2.36. The van der Waals surface area contributed by atoms with E-state index in [1.54, 1.807) is 36.4 Å². The number of imide groups is 1. The van der Waals surface area contributed by atoms with Crippen molar-refractivity contribution in [3.8, 4) is 5.75 Å². The van der Waals surface area contributed by atoms with Crippen LogP contribution in [0, 0.1) is 20.2 Å². The summed E-state index contributed by atoms with van der Waals surface area (Å²) in [6.45, 7) is -0.0407. The number of nitro groups is 2. The van der Waals surface area contributed by atoms with E-state index in [0.717, 1.165) is 22.2 Å². The molecule has 188 valence electrons. The lowest BCUT2D eigenvalue weighted by Gasteiger charge is -2.13. The molecule has 0 radical (unpaired) electrons. The van der Waals surface area contributed by atoms with E-state index in [1.807, 2.05) is 0 Å². The van der Waals surface area contributed by atoms with Gasteiger partial charge in [0.05, 0.1) is 30.2 Å². The van der Waals surface area contributed by atoms with Gasteiger partial charge in [-0.15, -0.1) is 0 Å². The van der Waals surface area contributed by atoms with Gasteiger partial charge in [0.15, 0.2) is 0 Å². The second-order valence-corrected chi connectivity index (χ2v) is 10.4. The van der Waals surface area contributed by atoms with Gasteiger partial charge in [0.1, 0.15) is 12.4 Å². The minimum absolute atomic E-state index is 0.0122. The zero-order valence-corrected chi connectivity index (χ0v) is 22.6. The predicted octanol–water partition coefficient (Wildman–Crippen LogP) is 6.84. The Kier molecular flexibility index (Phi) is 8.05. The second kappa shape index (κ2) is 11.2. The lowest BCUT2D eigenvalue weighted by Crippen LogP contribution is -2.27. The third-order valence-corrected chi connectivity index (χ3v) is 7.32. The normalized spacial score (nSPS) is 14.3. The number of thioether (sulfide) groups is 1. The molecule has 37 heavy (non-hydrogen) atoms. The zero-order valence-electron chi connectivity index (χ0n) is 18.6. The van der Waals surface area contributed by atoms with Crippen molar-refractivity contribution in [2.24, 2.45) is 0 Å². The Balaban J connectivity index is 1.49. The van der Waals surface area contributed by atoms with Gasteiger partial charge in [0.2, 0.25) is 0 Å². The first kappa shape index (κ1) is 26.5. The van der Waals surface area contributed by atoms with Gasteiger partial charge in [-0.1, -0.05) is 18.2 Å².